The number of aromatic hydroxyl groups is 1. The van der Waals surface area contributed by atoms with Gasteiger partial charge >= 0.3 is 0 Å². The van der Waals surface area contributed by atoms with E-state index >= 15 is 0 Å². The summed E-state index contributed by atoms with van der Waals surface area (Å²) in [4.78, 5) is 0. The highest BCUT2D eigenvalue weighted by molar-refractivity contribution is 14.1. The Hall–Kier alpha value is -0.710. The molecule has 0 radical (unpaired) electrons. The number of hydrogen-bond acceptors (Lipinski definition) is 2. The molecule has 13 heavy (non-hydrogen) atoms. The highest BCUT2D eigenvalue weighted by Gasteiger charge is 2.10. The van der Waals surface area contributed by atoms with Gasteiger partial charge in [0.05, 0.1) is 10.7 Å². The summed E-state index contributed by atoms with van der Waals surface area (Å²) in [6.07, 6.45) is 0. The highest BCUT2D eigenvalue weighted by atomic mass is 127. The van der Waals surface area contributed by atoms with Gasteiger partial charge in [0, 0.05) is 0 Å². The Morgan fingerprint density at radius 3 is 2.62 bits per heavy atom. The number of allylic oxidation sites excluding steroid dienone is 1. The number of benzene rings is 1. The van der Waals surface area contributed by atoms with Gasteiger partial charge in [-0.3, -0.25) is 0 Å². The van der Waals surface area contributed by atoms with Crippen molar-refractivity contribution in [2.45, 2.75) is 6.92 Å². The van der Waals surface area contributed by atoms with Gasteiger partial charge in [0.25, 0.3) is 0 Å². The maximum absolute atomic E-state index is 9.44. The van der Waals surface area contributed by atoms with Crippen molar-refractivity contribution in [3.8, 4) is 11.5 Å². The second-order valence-electron chi connectivity index (χ2n) is 2.76. The number of methoxy groups -OCH3 is 1. The van der Waals surface area contributed by atoms with E-state index in [0.29, 0.717) is 5.75 Å². The van der Waals surface area contributed by atoms with Crippen LogP contribution in [0.15, 0.2) is 18.7 Å². The predicted octanol–water partition coefficient (Wildman–Crippen LogP) is 3.04. The van der Waals surface area contributed by atoms with Crippen molar-refractivity contribution < 1.29 is 9.84 Å². The van der Waals surface area contributed by atoms with Crippen LogP contribution in [0.5, 0.6) is 11.5 Å². The Labute approximate surface area is 91.4 Å². The number of phenols is 1. The van der Waals surface area contributed by atoms with Crippen LogP contribution in [0.1, 0.15) is 12.5 Å². The van der Waals surface area contributed by atoms with Gasteiger partial charge in [-0.05, 0) is 52.8 Å². The molecule has 0 bridgehead atoms. The minimum absolute atomic E-state index is 0.164. The van der Waals surface area contributed by atoms with Gasteiger partial charge in [0.15, 0.2) is 11.5 Å². The van der Waals surface area contributed by atoms with E-state index < -0.39 is 0 Å². The molecule has 1 N–H and O–H groups in total. The molecule has 0 aliphatic heterocycles. The fourth-order valence-corrected chi connectivity index (χ4v) is 2.21. The molecule has 2 nitrogen and oxygen atoms in total. The average Bonchev–Trinajstić information content (AvgIpc) is 2.04. The number of ether oxygens (including phenoxy) is 1. The first-order valence-electron chi connectivity index (χ1n) is 3.79. The van der Waals surface area contributed by atoms with Gasteiger partial charge in [0.1, 0.15) is 0 Å². The molecular weight excluding hydrogens is 279 g/mol. The predicted molar refractivity (Wildman–Crippen MR) is 62.1 cm³/mol. The molecule has 0 heterocycles. The van der Waals surface area contributed by atoms with Gasteiger partial charge in [-0.1, -0.05) is 6.58 Å². The minimum Gasteiger partial charge on any atom is -0.504 e. The van der Waals surface area contributed by atoms with Gasteiger partial charge in [-0.2, -0.15) is 0 Å². The highest BCUT2D eigenvalue weighted by Crippen LogP contribution is 2.35. The summed E-state index contributed by atoms with van der Waals surface area (Å²) in [5, 5.41) is 9.44. The topological polar surface area (TPSA) is 29.5 Å². The van der Waals surface area contributed by atoms with Crippen LogP contribution in [-0.4, -0.2) is 12.2 Å². The van der Waals surface area contributed by atoms with Crippen molar-refractivity contribution in [3.05, 3.63) is 27.8 Å². The zero-order valence-corrected chi connectivity index (χ0v) is 9.75. The van der Waals surface area contributed by atoms with E-state index in [1.54, 1.807) is 13.2 Å². The average molecular weight is 290 g/mol. The number of halogens is 1. The van der Waals surface area contributed by atoms with Crippen LogP contribution in [-0.2, 0) is 0 Å². The van der Waals surface area contributed by atoms with Crippen molar-refractivity contribution in [2.24, 2.45) is 0 Å². The summed E-state index contributed by atoms with van der Waals surface area (Å²) in [6.45, 7) is 5.77. The van der Waals surface area contributed by atoms with Crippen molar-refractivity contribution >= 4 is 28.2 Å². The van der Waals surface area contributed by atoms with E-state index in [1.807, 2.05) is 13.0 Å². The summed E-state index contributed by atoms with van der Waals surface area (Å²) in [6, 6.07) is 3.45. The fraction of sp³-hybridized carbons (Fsp3) is 0.200. The van der Waals surface area contributed by atoms with E-state index in [-0.39, 0.29) is 5.75 Å². The first kappa shape index (κ1) is 10.4. The molecule has 0 spiro atoms. The zero-order chi connectivity index (χ0) is 10.0. The molecular formula is C10H11IO2. The monoisotopic (exact) mass is 290 g/mol. The smallest absolute Gasteiger partial charge is 0.174 e. The van der Waals surface area contributed by atoms with E-state index in [2.05, 4.69) is 29.2 Å². The molecule has 0 aliphatic rings. The van der Waals surface area contributed by atoms with E-state index in [1.165, 1.54) is 0 Å². The van der Waals surface area contributed by atoms with Gasteiger partial charge < -0.3 is 9.84 Å². The molecule has 0 aromatic heterocycles. The number of rotatable bonds is 2. The molecule has 0 amide bonds. The van der Waals surface area contributed by atoms with E-state index in [0.717, 1.165) is 14.7 Å². The van der Waals surface area contributed by atoms with Crippen LogP contribution in [0, 0.1) is 3.57 Å². The van der Waals surface area contributed by atoms with Gasteiger partial charge in [-0.25, -0.2) is 0 Å². The molecule has 0 unspecified atom stereocenters. The summed E-state index contributed by atoms with van der Waals surface area (Å²) in [5.74, 6) is 0.679. The van der Waals surface area contributed by atoms with Crippen LogP contribution in [0.4, 0.5) is 0 Å². The molecule has 0 aliphatic carbocycles. The Morgan fingerprint density at radius 1 is 1.54 bits per heavy atom. The molecule has 0 saturated heterocycles. The third-order valence-electron chi connectivity index (χ3n) is 1.74. The normalized spacial score (nSPS) is 9.77. The standard InChI is InChI=1S/C10H11IO2/c1-6(2)7-4-5-8(12)10(13-3)9(7)11/h4-5,12H,1H2,2-3H3. The lowest BCUT2D eigenvalue weighted by Crippen LogP contribution is -1.92. The van der Waals surface area contributed by atoms with Crippen molar-refractivity contribution in [1.29, 1.82) is 0 Å². The lowest BCUT2D eigenvalue weighted by molar-refractivity contribution is 0.370. The lowest BCUT2D eigenvalue weighted by atomic mass is 10.1. The molecule has 70 valence electrons. The SMILES string of the molecule is C=C(C)c1ccc(O)c(OC)c1I. The summed E-state index contributed by atoms with van der Waals surface area (Å²) >= 11 is 2.14. The summed E-state index contributed by atoms with van der Waals surface area (Å²) in [5.41, 5.74) is 1.97. The summed E-state index contributed by atoms with van der Waals surface area (Å²) < 4.78 is 5.96. The van der Waals surface area contributed by atoms with Gasteiger partial charge in [-0.15, -0.1) is 0 Å². The molecule has 1 aromatic rings. The van der Waals surface area contributed by atoms with Crippen molar-refractivity contribution in [2.75, 3.05) is 7.11 Å². The molecule has 3 heteroatoms. The Bertz CT molecular complexity index is 345. The van der Waals surface area contributed by atoms with Crippen LogP contribution in [0.25, 0.3) is 5.57 Å². The zero-order valence-electron chi connectivity index (χ0n) is 7.60. The Balaban J connectivity index is 3.35. The molecule has 0 atom stereocenters. The first-order valence-corrected chi connectivity index (χ1v) is 4.87. The van der Waals surface area contributed by atoms with Gasteiger partial charge in [0.2, 0.25) is 0 Å². The third-order valence-corrected chi connectivity index (χ3v) is 2.81. The molecule has 1 rings (SSSR count). The quantitative estimate of drug-likeness (QED) is 0.848. The second-order valence-corrected chi connectivity index (χ2v) is 3.84. The Kier molecular flexibility index (Phi) is 3.19. The maximum atomic E-state index is 9.44. The number of phenolic OH excluding ortho intramolecular Hbond substituents is 1. The third kappa shape index (κ3) is 1.96. The molecule has 1 aromatic carbocycles. The molecule has 0 saturated carbocycles. The van der Waals surface area contributed by atoms with Crippen LogP contribution in [0.3, 0.4) is 0 Å². The second kappa shape index (κ2) is 4.00. The van der Waals surface area contributed by atoms with Crippen LogP contribution in [0.2, 0.25) is 0 Å². The lowest BCUT2D eigenvalue weighted by Gasteiger charge is -2.10. The fourth-order valence-electron chi connectivity index (χ4n) is 1.07. The number of hydrogen-bond donors (Lipinski definition) is 1. The van der Waals surface area contributed by atoms with Crippen molar-refractivity contribution in [1.82, 2.24) is 0 Å². The first-order chi connectivity index (χ1) is 6.07. The largest absolute Gasteiger partial charge is 0.504 e. The van der Waals surface area contributed by atoms with Crippen LogP contribution < -0.4 is 4.74 Å². The van der Waals surface area contributed by atoms with Crippen molar-refractivity contribution in [3.63, 3.8) is 0 Å². The summed E-state index contributed by atoms with van der Waals surface area (Å²) in [7, 11) is 1.54. The van der Waals surface area contributed by atoms with E-state index in [4.69, 9.17) is 4.74 Å². The molecule has 0 fully saturated rings. The Morgan fingerprint density at radius 2 is 2.15 bits per heavy atom. The van der Waals surface area contributed by atoms with E-state index in [9.17, 15) is 5.11 Å². The minimum atomic E-state index is 0.164. The maximum Gasteiger partial charge on any atom is 0.174 e. The van der Waals surface area contributed by atoms with Crippen LogP contribution >= 0.6 is 22.6 Å².